The molecule has 0 aliphatic carbocycles. The summed E-state index contributed by atoms with van der Waals surface area (Å²) in [6, 6.07) is 0. The Bertz CT molecular complexity index is 275. The van der Waals surface area contributed by atoms with Gasteiger partial charge in [0.15, 0.2) is 6.29 Å². The van der Waals surface area contributed by atoms with Gasteiger partial charge in [-0.05, 0) is 12.8 Å². The van der Waals surface area contributed by atoms with Crippen LogP contribution in [0.4, 0.5) is 0 Å². The van der Waals surface area contributed by atoms with Crippen molar-refractivity contribution >= 4 is 33.4 Å². The molecular formula is C11H22N2O4S2. The molecule has 0 aromatic carbocycles. The number of carbonyl (C=O) groups excluding carboxylic acids is 2. The number of hydrogen-bond donors (Lipinski definition) is 2. The maximum atomic E-state index is 11.3. The van der Waals surface area contributed by atoms with Crippen LogP contribution in [-0.4, -0.2) is 43.8 Å². The third-order valence-corrected chi connectivity index (χ3v) is 4.95. The van der Waals surface area contributed by atoms with E-state index < -0.39 is 0 Å². The third kappa shape index (κ3) is 10.1. The Morgan fingerprint density at radius 3 is 2.21 bits per heavy atom. The number of primary amides is 2. The zero-order valence-electron chi connectivity index (χ0n) is 11.3. The number of hydrogen-bond acceptors (Lipinski definition) is 6. The molecule has 0 heterocycles. The SMILES string of the molecule is COC(CCC(CSSCCC(N)=O)C(N)=O)OC. The molecule has 19 heavy (non-hydrogen) atoms. The van der Waals surface area contributed by atoms with Crippen molar-refractivity contribution in [2.24, 2.45) is 17.4 Å². The monoisotopic (exact) mass is 310 g/mol. The van der Waals surface area contributed by atoms with E-state index in [1.54, 1.807) is 14.2 Å². The van der Waals surface area contributed by atoms with Crippen LogP contribution in [0.25, 0.3) is 0 Å². The first-order valence-corrected chi connectivity index (χ1v) is 8.37. The van der Waals surface area contributed by atoms with Gasteiger partial charge in [0.2, 0.25) is 11.8 Å². The second kappa shape index (κ2) is 11.4. The predicted octanol–water partition coefficient (Wildman–Crippen LogP) is 0.744. The van der Waals surface area contributed by atoms with E-state index in [-0.39, 0.29) is 24.0 Å². The van der Waals surface area contributed by atoms with Gasteiger partial charge >= 0.3 is 0 Å². The van der Waals surface area contributed by atoms with Crippen molar-refractivity contribution in [3.8, 4) is 0 Å². The van der Waals surface area contributed by atoms with E-state index in [0.717, 1.165) is 0 Å². The van der Waals surface area contributed by atoms with Crippen molar-refractivity contribution in [1.82, 2.24) is 0 Å². The molecular weight excluding hydrogens is 288 g/mol. The molecule has 8 heteroatoms. The van der Waals surface area contributed by atoms with E-state index in [2.05, 4.69) is 0 Å². The van der Waals surface area contributed by atoms with Gasteiger partial charge in [-0.1, -0.05) is 21.6 Å². The summed E-state index contributed by atoms with van der Waals surface area (Å²) in [5.74, 6) is 0.388. The summed E-state index contributed by atoms with van der Waals surface area (Å²) in [5, 5.41) is 0. The van der Waals surface area contributed by atoms with E-state index in [1.807, 2.05) is 0 Å². The van der Waals surface area contributed by atoms with Crippen LogP contribution in [0.1, 0.15) is 19.3 Å². The third-order valence-electron chi connectivity index (χ3n) is 2.46. The zero-order chi connectivity index (χ0) is 14.7. The van der Waals surface area contributed by atoms with Gasteiger partial charge in [-0.15, -0.1) is 0 Å². The molecule has 0 aliphatic rings. The Morgan fingerprint density at radius 1 is 1.11 bits per heavy atom. The van der Waals surface area contributed by atoms with Crippen LogP contribution >= 0.6 is 21.6 Å². The smallest absolute Gasteiger partial charge is 0.221 e. The summed E-state index contributed by atoms with van der Waals surface area (Å²) in [6.45, 7) is 0. The Kier molecular flexibility index (Phi) is 11.1. The van der Waals surface area contributed by atoms with E-state index in [1.165, 1.54) is 21.6 Å². The van der Waals surface area contributed by atoms with Crippen molar-refractivity contribution in [1.29, 1.82) is 0 Å². The largest absolute Gasteiger partial charge is 0.370 e. The highest BCUT2D eigenvalue weighted by atomic mass is 33.1. The molecule has 0 radical (unpaired) electrons. The Morgan fingerprint density at radius 2 is 1.74 bits per heavy atom. The molecule has 0 aromatic rings. The molecule has 2 amide bonds. The molecule has 6 nitrogen and oxygen atoms in total. The van der Waals surface area contributed by atoms with Crippen molar-refractivity contribution in [2.45, 2.75) is 25.6 Å². The van der Waals surface area contributed by atoms with Crippen molar-refractivity contribution in [3.05, 3.63) is 0 Å². The molecule has 0 fully saturated rings. The van der Waals surface area contributed by atoms with Crippen LogP contribution in [0.5, 0.6) is 0 Å². The molecule has 1 atom stereocenters. The molecule has 0 rings (SSSR count). The lowest BCUT2D eigenvalue weighted by atomic mass is 10.1. The summed E-state index contributed by atoms with van der Waals surface area (Å²) < 4.78 is 10.1. The standard InChI is InChI=1S/C11H22N2O4S2/c1-16-10(17-2)4-3-8(11(13)15)7-19-18-6-5-9(12)14/h8,10H,3-7H2,1-2H3,(H2,12,14)(H2,13,15). The Hall–Kier alpha value is -0.440. The van der Waals surface area contributed by atoms with Crippen LogP contribution < -0.4 is 11.5 Å². The van der Waals surface area contributed by atoms with E-state index in [0.29, 0.717) is 30.8 Å². The Labute approximate surface area is 121 Å². The second-order valence-electron chi connectivity index (χ2n) is 3.90. The average Bonchev–Trinajstić information content (AvgIpc) is 2.36. The van der Waals surface area contributed by atoms with E-state index in [4.69, 9.17) is 20.9 Å². The molecule has 1 unspecified atom stereocenters. The fourth-order valence-electron chi connectivity index (χ4n) is 1.31. The number of nitrogens with two attached hydrogens (primary N) is 2. The second-order valence-corrected chi connectivity index (χ2v) is 6.53. The normalized spacial score (nSPS) is 12.6. The summed E-state index contributed by atoms with van der Waals surface area (Å²) in [6.07, 6.45) is 1.27. The molecule has 0 aliphatic heterocycles. The maximum Gasteiger partial charge on any atom is 0.221 e. The summed E-state index contributed by atoms with van der Waals surface area (Å²) in [7, 11) is 6.16. The van der Waals surface area contributed by atoms with E-state index in [9.17, 15) is 9.59 Å². The minimum absolute atomic E-state index is 0.223. The van der Waals surface area contributed by atoms with Gasteiger partial charge in [-0.25, -0.2) is 0 Å². The number of methoxy groups -OCH3 is 2. The predicted molar refractivity (Wildman–Crippen MR) is 78.5 cm³/mol. The van der Waals surface area contributed by atoms with Crippen LogP contribution in [0.3, 0.4) is 0 Å². The lowest BCUT2D eigenvalue weighted by Gasteiger charge is -2.17. The first-order chi connectivity index (χ1) is 9.01. The van der Waals surface area contributed by atoms with Gasteiger partial charge in [0, 0.05) is 38.1 Å². The van der Waals surface area contributed by atoms with Gasteiger partial charge in [0.05, 0.1) is 0 Å². The topological polar surface area (TPSA) is 105 Å². The van der Waals surface area contributed by atoms with Crippen molar-refractivity contribution in [2.75, 3.05) is 25.7 Å². The number of carbonyl (C=O) groups is 2. The highest BCUT2D eigenvalue weighted by Crippen LogP contribution is 2.26. The van der Waals surface area contributed by atoms with Crippen LogP contribution in [-0.2, 0) is 19.1 Å². The van der Waals surface area contributed by atoms with Gasteiger partial charge in [-0.3, -0.25) is 9.59 Å². The fourth-order valence-corrected chi connectivity index (χ4v) is 3.69. The quantitative estimate of drug-likeness (QED) is 0.313. The Balaban J connectivity index is 3.86. The molecule has 0 saturated carbocycles. The minimum Gasteiger partial charge on any atom is -0.370 e. The molecule has 0 saturated heterocycles. The van der Waals surface area contributed by atoms with E-state index >= 15 is 0 Å². The van der Waals surface area contributed by atoms with Crippen molar-refractivity contribution < 1.29 is 19.1 Å². The summed E-state index contributed by atoms with van der Waals surface area (Å²) in [5.41, 5.74) is 10.4. The lowest BCUT2D eigenvalue weighted by Crippen LogP contribution is -2.27. The van der Waals surface area contributed by atoms with Gasteiger partial charge < -0.3 is 20.9 Å². The molecule has 4 N–H and O–H groups in total. The average molecular weight is 310 g/mol. The number of amides is 2. The number of rotatable bonds is 12. The van der Waals surface area contributed by atoms with Crippen LogP contribution in [0.2, 0.25) is 0 Å². The molecule has 0 spiro atoms. The highest BCUT2D eigenvalue weighted by molar-refractivity contribution is 8.76. The molecule has 0 aromatic heterocycles. The minimum atomic E-state index is -0.325. The fraction of sp³-hybridized carbons (Fsp3) is 0.818. The number of ether oxygens (including phenoxy) is 2. The molecule has 0 bridgehead atoms. The van der Waals surface area contributed by atoms with Gasteiger partial charge in [0.25, 0.3) is 0 Å². The summed E-state index contributed by atoms with van der Waals surface area (Å²) in [4.78, 5) is 21.9. The van der Waals surface area contributed by atoms with Crippen LogP contribution in [0.15, 0.2) is 0 Å². The summed E-state index contributed by atoms with van der Waals surface area (Å²) >= 11 is 0. The highest BCUT2D eigenvalue weighted by Gasteiger charge is 2.18. The van der Waals surface area contributed by atoms with Crippen molar-refractivity contribution in [3.63, 3.8) is 0 Å². The zero-order valence-corrected chi connectivity index (χ0v) is 12.9. The van der Waals surface area contributed by atoms with Crippen LogP contribution in [0, 0.1) is 5.92 Å². The molecule has 112 valence electrons. The first kappa shape index (κ1) is 18.6. The maximum absolute atomic E-state index is 11.3. The van der Waals surface area contributed by atoms with Gasteiger partial charge in [-0.2, -0.15) is 0 Å². The van der Waals surface area contributed by atoms with Gasteiger partial charge in [0.1, 0.15) is 0 Å². The lowest BCUT2D eigenvalue weighted by molar-refractivity contribution is -0.124. The first-order valence-electron chi connectivity index (χ1n) is 5.88.